The highest BCUT2D eigenvalue weighted by atomic mass is 16.4. The zero-order valence-electron chi connectivity index (χ0n) is 12.4. The standard InChI is InChI=1S/C14H26N2O3/c1-10-6-5-7-14(15,8-10)12(19)16(9-11(17)18)13(2,3)4/h10H,5-9,15H2,1-4H3,(H,17,18). The van der Waals surface area contributed by atoms with Crippen molar-refractivity contribution in [1.29, 1.82) is 0 Å². The van der Waals surface area contributed by atoms with Crippen LogP contribution in [0.3, 0.4) is 0 Å². The normalized spacial score (nSPS) is 27.9. The van der Waals surface area contributed by atoms with Gasteiger partial charge in [0.25, 0.3) is 0 Å². The van der Waals surface area contributed by atoms with Gasteiger partial charge in [0.2, 0.25) is 5.91 Å². The molecule has 5 nitrogen and oxygen atoms in total. The highest BCUT2D eigenvalue weighted by Crippen LogP contribution is 2.33. The zero-order valence-corrected chi connectivity index (χ0v) is 12.4. The predicted octanol–water partition coefficient (Wildman–Crippen LogP) is 1.61. The first-order valence-electron chi connectivity index (χ1n) is 6.89. The first kappa shape index (κ1) is 16.0. The lowest BCUT2D eigenvalue weighted by molar-refractivity contribution is -0.152. The van der Waals surface area contributed by atoms with Gasteiger partial charge in [-0.15, -0.1) is 0 Å². The monoisotopic (exact) mass is 270 g/mol. The lowest BCUT2D eigenvalue weighted by atomic mass is 9.75. The molecule has 1 amide bonds. The van der Waals surface area contributed by atoms with Crippen molar-refractivity contribution in [2.24, 2.45) is 11.7 Å². The van der Waals surface area contributed by atoms with Gasteiger partial charge in [0, 0.05) is 5.54 Å². The molecule has 110 valence electrons. The smallest absolute Gasteiger partial charge is 0.323 e. The van der Waals surface area contributed by atoms with Gasteiger partial charge in [-0.05, 0) is 39.5 Å². The maximum Gasteiger partial charge on any atom is 0.323 e. The van der Waals surface area contributed by atoms with E-state index in [1.807, 2.05) is 20.8 Å². The molecule has 0 aromatic rings. The van der Waals surface area contributed by atoms with Gasteiger partial charge in [-0.2, -0.15) is 0 Å². The second-order valence-corrected chi connectivity index (χ2v) is 6.81. The Kier molecular flexibility index (Phi) is 4.61. The molecule has 1 rings (SSSR count). The number of carbonyl (C=O) groups excluding carboxylic acids is 1. The Hall–Kier alpha value is -1.10. The molecule has 5 heteroatoms. The van der Waals surface area contributed by atoms with Crippen LogP contribution in [-0.2, 0) is 9.59 Å². The minimum Gasteiger partial charge on any atom is -0.480 e. The zero-order chi connectivity index (χ0) is 14.8. The summed E-state index contributed by atoms with van der Waals surface area (Å²) in [7, 11) is 0. The van der Waals surface area contributed by atoms with Crippen molar-refractivity contribution in [2.75, 3.05) is 6.54 Å². The highest BCUT2D eigenvalue weighted by Gasteiger charge is 2.43. The van der Waals surface area contributed by atoms with Crippen LogP contribution < -0.4 is 5.73 Å². The number of carboxylic acids is 1. The summed E-state index contributed by atoms with van der Waals surface area (Å²) >= 11 is 0. The van der Waals surface area contributed by atoms with E-state index in [0.29, 0.717) is 18.8 Å². The molecule has 0 heterocycles. The third kappa shape index (κ3) is 3.93. The van der Waals surface area contributed by atoms with Gasteiger partial charge < -0.3 is 15.7 Å². The van der Waals surface area contributed by atoms with Crippen LogP contribution in [0.5, 0.6) is 0 Å². The summed E-state index contributed by atoms with van der Waals surface area (Å²) in [6, 6.07) is 0. The van der Waals surface area contributed by atoms with Crippen molar-refractivity contribution in [2.45, 2.75) is 64.5 Å². The van der Waals surface area contributed by atoms with Gasteiger partial charge in [-0.3, -0.25) is 9.59 Å². The van der Waals surface area contributed by atoms with E-state index in [4.69, 9.17) is 10.8 Å². The first-order chi connectivity index (χ1) is 8.56. The van der Waals surface area contributed by atoms with Gasteiger partial charge in [-0.25, -0.2) is 0 Å². The minimum atomic E-state index is -1.00. The molecule has 1 aliphatic rings. The fourth-order valence-corrected chi connectivity index (χ4v) is 2.80. The van der Waals surface area contributed by atoms with E-state index >= 15 is 0 Å². The van der Waals surface area contributed by atoms with Crippen LogP contribution in [0.4, 0.5) is 0 Å². The number of hydrogen-bond donors (Lipinski definition) is 2. The SMILES string of the molecule is CC1CCCC(N)(C(=O)N(CC(=O)O)C(C)(C)C)C1. The number of carboxylic acid groups (broad SMARTS) is 1. The van der Waals surface area contributed by atoms with Gasteiger partial charge in [0.1, 0.15) is 6.54 Å². The Morgan fingerprint density at radius 1 is 1.42 bits per heavy atom. The second-order valence-electron chi connectivity index (χ2n) is 6.81. The first-order valence-corrected chi connectivity index (χ1v) is 6.89. The van der Waals surface area contributed by atoms with E-state index in [0.717, 1.165) is 12.8 Å². The van der Waals surface area contributed by atoms with Crippen LogP contribution in [0.15, 0.2) is 0 Å². The van der Waals surface area contributed by atoms with Gasteiger partial charge in [0.15, 0.2) is 0 Å². The molecule has 0 saturated heterocycles. The average molecular weight is 270 g/mol. The largest absolute Gasteiger partial charge is 0.480 e. The van der Waals surface area contributed by atoms with E-state index in [1.165, 1.54) is 4.90 Å². The predicted molar refractivity (Wildman–Crippen MR) is 73.7 cm³/mol. The number of carbonyl (C=O) groups is 2. The Labute approximate surface area is 115 Å². The summed E-state index contributed by atoms with van der Waals surface area (Å²) in [6.45, 7) is 7.30. The van der Waals surface area contributed by atoms with E-state index in [-0.39, 0.29) is 12.5 Å². The number of hydrogen-bond acceptors (Lipinski definition) is 3. The van der Waals surface area contributed by atoms with Crippen LogP contribution >= 0.6 is 0 Å². The molecule has 2 atom stereocenters. The van der Waals surface area contributed by atoms with Gasteiger partial charge in [0.05, 0.1) is 5.54 Å². The lowest BCUT2D eigenvalue weighted by Crippen LogP contribution is -2.62. The minimum absolute atomic E-state index is 0.228. The van der Waals surface area contributed by atoms with Gasteiger partial charge >= 0.3 is 5.97 Å². The van der Waals surface area contributed by atoms with Crippen molar-refractivity contribution < 1.29 is 14.7 Å². The molecule has 1 aliphatic carbocycles. The van der Waals surface area contributed by atoms with Crippen molar-refractivity contribution >= 4 is 11.9 Å². The Balaban J connectivity index is 2.95. The molecule has 1 saturated carbocycles. The molecule has 19 heavy (non-hydrogen) atoms. The van der Waals surface area contributed by atoms with E-state index in [1.54, 1.807) is 0 Å². The molecule has 0 aliphatic heterocycles. The number of aliphatic carboxylic acids is 1. The molecule has 2 unspecified atom stereocenters. The summed E-state index contributed by atoms with van der Waals surface area (Å²) in [5.41, 5.74) is 4.84. The van der Waals surface area contributed by atoms with Crippen molar-refractivity contribution in [3.63, 3.8) is 0 Å². The topological polar surface area (TPSA) is 83.6 Å². The Morgan fingerprint density at radius 2 is 2.00 bits per heavy atom. The number of nitrogens with zero attached hydrogens (tertiary/aromatic N) is 1. The third-order valence-corrected chi connectivity index (χ3v) is 3.81. The van der Waals surface area contributed by atoms with E-state index in [2.05, 4.69) is 6.92 Å². The summed E-state index contributed by atoms with van der Waals surface area (Å²) < 4.78 is 0. The summed E-state index contributed by atoms with van der Waals surface area (Å²) in [5.74, 6) is -0.820. The maximum absolute atomic E-state index is 12.7. The highest BCUT2D eigenvalue weighted by molar-refractivity contribution is 5.89. The molecule has 0 aromatic carbocycles. The summed E-state index contributed by atoms with van der Waals surface area (Å²) in [5, 5.41) is 9.00. The summed E-state index contributed by atoms with van der Waals surface area (Å²) in [4.78, 5) is 25.1. The van der Waals surface area contributed by atoms with Gasteiger partial charge in [-0.1, -0.05) is 19.8 Å². The average Bonchev–Trinajstić information content (AvgIpc) is 2.22. The van der Waals surface area contributed by atoms with Crippen molar-refractivity contribution in [1.82, 2.24) is 4.90 Å². The van der Waals surface area contributed by atoms with Crippen molar-refractivity contribution in [3.05, 3.63) is 0 Å². The van der Waals surface area contributed by atoms with E-state index < -0.39 is 17.0 Å². The van der Waals surface area contributed by atoms with Crippen LogP contribution in [0.25, 0.3) is 0 Å². The van der Waals surface area contributed by atoms with Crippen LogP contribution in [0, 0.1) is 5.92 Å². The molecule has 3 N–H and O–H groups in total. The Morgan fingerprint density at radius 3 is 2.42 bits per heavy atom. The quantitative estimate of drug-likeness (QED) is 0.816. The molecular weight excluding hydrogens is 244 g/mol. The van der Waals surface area contributed by atoms with E-state index in [9.17, 15) is 9.59 Å². The fraction of sp³-hybridized carbons (Fsp3) is 0.857. The maximum atomic E-state index is 12.7. The third-order valence-electron chi connectivity index (χ3n) is 3.81. The van der Waals surface area contributed by atoms with Crippen LogP contribution in [0.1, 0.15) is 53.4 Å². The molecule has 1 fully saturated rings. The number of rotatable bonds is 3. The van der Waals surface area contributed by atoms with Crippen LogP contribution in [-0.4, -0.2) is 39.5 Å². The number of nitrogens with two attached hydrogens (primary N) is 1. The Bertz CT molecular complexity index is 362. The molecular formula is C14H26N2O3. The molecule has 0 aromatic heterocycles. The lowest BCUT2D eigenvalue weighted by Gasteiger charge is -2.43. The molecule has 0 bridgehead atoms. The van der Waals surface area contributed by atoms with Crippen molar-refractivity contribution in [3.8, 4) is 0 Å². The molecule has 0 radical (unpaired) electrons. The van der Waals surface area contributed by atoms with Crippen LogP contribution in [0.2, 0.25) is 0 Å². The summed E-state index contributed by atoms with van der Waals surface area (Å²) in [6.07, 6.45) is 3.29. The number of amides is 1. The fourth-order valence-electron chi connectivity index (χ4n) is 2.80. The second kappa shape index (κ2) is 5.49. The molecule has 0 spiro atoms.